The second kappa shape index (κ2) is 8.22. The van der Waals surface area contributed by atoms with E-state index < -0.39 is 29.1 Å². The molecule has 1 aromatic heterocycles. The summed E-state index contributed by atoms with van der Waals surface area (Å²) in [5.74, 6) is -0.268. The molecular formula is C21H29ClN4O3. The first-order valence-corrected chi connectivity index (χ1v) is 10.5. The van der Waals surface area contributed by atoms with Crippen molar-refractivity contribution in [2.75, 3.05) is 0 Å². The second-order valence-electron chi connectivity index (χ2n) is 8.99. The predicted molar refractivity (Wildman–Crippen MR) is 114 cm³/mol. The average molecular weight is 421 g/mol. The number of amides is 2. The molecule has 0 spiro atoms. The monoisotopic (exact) mass is 420 g/mol. The van der Waals surface area contributed by atoms with Crippen molar-refractivity contribution in [1.29, 1.82) is 0 Å². The Morgan fingerprint density at radius 2 is 1.90 bits per heavy atom. The summed E-state index contributed by atoms with van der Waals surface area (Å²) in [5.41, 5.74) is 5.41. The van der Waals surface area contributed by atoms with E-state index in [4.69, 9.17) is 17.3 Å². The number of rotatable bonds is 4. The lowest BCUT2D eigenvalue weighted by atomic mass is 9.86. The van der Waals surface area contributed by atoms with Crippen LogP contribution >= 0.6 is 11.6 Å². The molecule has 1 atom stereocenters. The molecule has 1 heterocycles. The molecule has 1 unspecified atom stereocenters. The second-order valence-corrected chi connectivity index (χ2v) is 9.40. The number of hydrogen-bond donors (Lipinski definition) is 2. The van der Waals surface area contributed by atoms with Gasteiger partial charge in [-0.2, -0.15) is 0 Å². The van der Waals surface area contributed by atoms with Gasteiger partial charge in [-0.25, -0.2) is 14.2 Å². The fourth-order valence-corrected chi connectivity index (χ4v) is 4.44. The molecule has 0 bridgehead atoms. The van der Waals surface area contributed by atoms with E-state index in [1.54, 1.807) is 43.5 Å². The van der Waals surface area contributed by atoms with Gasteiger partial charge < -0.3 is 11.1 Å². The lowest BCUT2D eigenvalue weighted by Crippen LogP contribution is -2.54. The maximum absolute atomic E-state index is 13.2. The highest BCUT2D eigenvalue weighted by Gasteiger charge is 2.33. The van der Waals surface area contributed by atoms with Gasteiger partial charge in [0.1, 0.15) is 6.04 Å². The van der Waals surface area contributed by atoms with E-state index in [0.29, 0.717) is 28.5 Å². The molecule has 1 saturated carbocycles. The number of aromatic nitrogens is 2. The van der Waals surface area contributed by atoms with Gasteiger partial charge >= 0.3 is 11.7 Å². The van der Waals surface area contributed by atoms with Gasteiger partial charge in [-0.05, 0) is 36.3 Å². The van der Waals surface area contributed by atoms with Crippen LogP contribution in [0.4, 0.5) is 4.79 Å². The van der Waals surface area contributed by atoms with Crippen molar-refractivity contribution in [3.63, 3.8) is 0 Å². The van der Waals surface area contributed by atoms with E-state index in [1.165, 1.54) is 6.42 Å². The van der Waals surface area contributed by atoms with Crippen molar-refractivity contribution in [3.05, 3.63) is 33.7 Å². The van der Waals surface area contributed by atoms with Crippen LogP contribution < -0.4 is 16.7 Å². The number of nitrogens with one attached hydrogen (secondary N) is 1. The number of carbonyl (C=O) groups excluding carboxylic acids is 2. The van der Waals surface area contributed by atoms with Gasteiger partial charge in [0.2, 0.25) is 5.91 Å². The third kappa shape index (κ3) is 4.34. The molecular weight excluding hydrogens is 392 g/mol. The lowest BCUT2D eigenvalue weighted by molar-refractivity contribution is -0.122. The van der Waals surface area contributed by atoms with Crippen LogP contribution in [0.15, 0.2) is 23.0 Å². The van der Waals surface area contributed by atoms with Crippen molar-refractivity contribution < 1.29 is 9.59 Å². The number of halogens is 1. The Kier molecular flexibility index (Phi) is 6.08. The van der Waals surface area contributed by atoms with Crippen LogP contribution in [-0.4, -0.2) is 27.1 Å². The molecule has 1 aromatic carbocycles. The molecule has 0 radical (unpaired) electrons. The van der Waals surface area contributed by atoms with Crippen molar-refractivity contribution >= 4 is 34.6 Å². The molecule has 1 aliphatic carbocycles. The fourth-order valence-electron chi connectivity index (χ4n) is 4.17. The highest BCUT2D eigenvalue weighted by molar-refractivity contribution is 6.35. The largest absolute Gasteiger partial charge is 0.368 e. The van der Waals surface area contributed by atoms with Crippen LogP contribution in [0.2, 0.25) is 5.02 Å². The number of fused-ring (bicyclic) bond motifs is 1. The Labute approximate surface area is 175 Å². The standard InChI is InChI=1S/C21H29ClN4O3/c1-21(2,3)17(18(23)27)24-19(28)26-15-11-7-10-14(22)16(15)25(20(26)29)12-13-8-5-4-6-9-13/h7,10-11,13,17H,4-6,8-9,12H2,1-3H3,(H2,23,27)(H,24,28). The molecule has 0 saturated heterocycles. The number of nitrogens with zero attached hydrogens (tertiary/aromatic N) is 2. The SMILES string of the molecule is CC(C)(C)C(NC(=O)n1c(=O)n(CC2CCCCC2)c2c(Cl)cccc21)C(N)=O. The third-order valence-electron chi connectivity index (χ3n) is 5.69. The minimum Gasteiger partial charge on any atom is -0.368 e. The van der Waals surface area contributed by atoms with Crippen LogP contribution in [0, 0.1) is 11.3 Å². The Hall–Kier alpha value is -2.28. The Balaban J connectivity index is 2.05. The summed E-state index contributed by atoms with van der Waals surface area (Å²) in [6.07, 6.45) is 5.64. The summed E-state index contributed by atoms with van der Waals surface area (Å²) >= 11 is 6.42. The molecule has 1 aliphatic rings. The van der Waals surface area contributed by atoms with Crippen molar-refractivity contribution in [1.82, 2.24) is 14.5 Å². The number of nitrogens with two attached hydrogens (primary N) is 1. The molecule has 7 nitrogen and oxygen atoms in total. The number of para-hydroxylation sites is 1. The Morgan fingerprint density at radius 1 is 1.24 bits per heavy atom. The zero-order valence-electron chi connectivity index (χ0n) is 17.2. The van der Waals surface area contributed by atoms with Gasteiger partial charge in [0.15, 0.2) is 0 Å². The third-order valence-corrected chi connectivity index (χ3v) is 5.99. The van der Waals surface area contributed by atoms with Crippen molar-refractivity contribution in [2.45, 2.75) is 65.5 Å². The van der Waals surface area contributed by atoms with Gasteiger partial charge in [0, 0.05) is 6.54 Å². The zero-order chi connectivity index (χ0) is 21.3. The Morgan fingerprint density at radius 3 is 2.48 bits per heavy atom. The van der Waals surface area contributed by atoms with E-state index in [0.717, 1.165) is 30.3 Å². The smallest absolute Gasteiger partial charge is 0.337 e. The molecule has 8 heteroatoms. The molecule has 0 aliphatic heterocycles. The molecule has 29 heavy (non-hydrogen) atoms. The first kappa shape index (κ1) is 21.4. The highest BCUT2D eigenvalue weighted by Crippen LogP contribution is 2.28. The molecule has 3 rings (SSSR count). The topological polar surface area (TPSA) is 99.1 Å². The highest BCUT2D eigenvalue weighted by atomic mass is 35.5. The number of carbonyl (C=O) groups is 2. The van der Waals surface area contributed by atoms with E-state index in [1.807, 2.05) is 0 Å². The summed E-state index contributed by atoms with van der Waals surface area (Å²) in [6, 6.07) is 3.51. The maximum Gasteiger partial charge on any atom is 0.337 e. The van der Waals surface area contributed by atoms with Gasteiger partial charge in [-0.3, -0.25) is 9.36 Å². The first-order valence-electron chi connectivity index (χ1n) is 10.1. The maximum atomic E-state index is 13.2. The quantitative estimate of drug-likeness (QED) is 0.791. The number of primary amides is 1. The van der Waals surface area contributed by atoms with Crippen molar-refractivity contribution in [3.8, 4) is 0 Å². The molecule has 2 amide bonds. The van der Waals surface area contributed by atoms with Gasteiger partial charge in [-0.15, -0.1) is 0 Å². The van der Waals surface area contributed by atoms with E-state index in [-0.39, 0.29) is 0 Å². The molecule has 158 valence electrons. The van der Waals surface area contributed by atoms with Crippen LogP contribution in [-0.2, 0) is 11.3 Å². The molecule has 3 N–H and O–H groups in total. The number of hydrogen-bond acceptors (Lipinski definition) is 3. The molecule has 2 aromatic rings. The van der Waals surface area contributed by atoms with E-state index in [9.17, 15) is 14.4 Å². The fraction of sp³-hybridized carbons (Fsp3) is 0.571. The summed E-state index contributed by atoms with van der Waals surface area (Å²) < 4.78 is 2.66. The first-order chi connectivity index (χ1) is 13.6. The van der Waals surface area contributed by atoms with Crippen LogP contribution in [0.1, 0.15) is 52.9 Å². The van der Waals surface area contributed by atoms with Gasteiger partial charge in [0.25, 0.3) is 0 Å². The normalized spacial score (nSPS) is 16.7. The minimum absolute atomic E-state index is 0.382. The Bertz CT molecular complexity index is 980. The summed E-state index contributed by atoms with van der Waals surface area (Å²) in [5, 5.41) is 3.06. The van der Waals surface area contributed by atoms with Crippen molar-refractivity contribution in [2.24, 2.45) is 17.1 Å². The summed E-state index contributed by atoms with van der Waals surface area (Å²) in [4.78, 5) is 38.2. The van der Waals surface area contributed by atoms with E-state index in [2.05, 4.69) is 5.32 Å². The van der Waals surface area contributed by atoms with Crippen LogP contribution in [0.25, 0.3) is 11.0 Å². The zero-order valence-corrected chi connectivity index (χ0v) is 18.0. The summed E-state index contributed by atoms with van der Waals surface area (Å²) in [7, 11) is 0. The number of benzene rings is 1. The molecule has 1 fully saturated rings. The lowest BCUT2D eigenvalue weighted by Gasteiger charge is -2.28. The average Bonchev–Trinajstić information content (AvgIpc) is 2.92. The van der Waals surface area contributed by atoms with Crippen LogP contribution in [0.3, 0.4) is 0 Å². The predicted octanol–water partition coefficient (Wildman–Crippen LogP) is 3.49. The van der Waals surface area contributed by atoms with Crippen LogP contribution in [0.5, 0.6) is 0 Å². The van der Waals surface area contributed by atoms with Gasteiger partial charge in [-0.1, -0.05) is 57.7 Å². The number of imidazole rings is 1. The summed E-state index contributed by atoms with van der Waals surface area (Å²) in [6.45, 7) is 5.93. The van der Waals surface area contributed by atoms with Gasteiger partial charge in [0.05, 0.1) is 16.1 Å². The van der Waals surface area contributed by atoms with E-state index >= 15 is 0 Å². The minimum atomic E-state index is -0.919.